The van der Waals surface area contributed by atoms with Crippen LogP contribution in [0.3, 0.4) is 0 Å². The van der Waals surface area contributed by atoms with Gasteiger partial charge in [0, 0.05) is 19.3 Å². The molecule has 0 radical (unpaired) electrons. The normalized spacial score (nSPS) is 25.7. The van der Waals surface area contributed by atoms with E-state index in [9.17, 15) is 4.79 Å². The predicted octanol–water partition coefficient (Wildman–Crippen LogP) is 3.01. The molecule has 136 valence electrons. The summed E-state index contributed by atoms with van der Waals surface area (Å²) in [7, 11) is 0. The summed E-state index contributed by atoms with van der Waals surface area (Å²) in [6.07, 6.45) is 5.05. The van der Waals surface area contributed by atoms with Crippen molar-refractivity contribution in [3.05, 3.63) is 59.9 Å². The zero-order valence-electron chi connectivity index (χ0n) is 15.1. The number of nitrogens with zero attached hydrogens (tertiary/aromatic N) is 2. The number of piperidine rings is 1. The Morgan fingerprint density at radius 2 is 2.19 bits per heavy atom. The molecule has 1 aromatic heterocycles. The van der Waals surface area contributed by atoms with Gasteiger partial charge < -0.3 is 10.1 Å². The van der Waals surface area contributed by atoms with Gasteiger partial charge in [-0.1, -0.05) is 24.3 Å². The van der Waals surface area contributed by atoms with Gasteiger partial charge in [-0.05, 0) is 55.5 Å². The Morgan fingerprint density at radius 3 is 3.00 bits per heavy atom. The summed E-state index contributed by atoms with van der Waals surface area (Å²) in [5.74, 6) is 0.422. The molecule has 2 saturated heterocycles. The van der Waals surface area contributed by atoms with Crippen molar-refractivity contribution in [1.29, 1.82) is 0 Å². The van der Waals surface area contributed by atoms with Gasteiger partial charge in [0.25, 0.3) is 5.91 Å². The lowest BCUT2D eigenvalue weighted by Crippen LogP contribution is -2.42. The Labute approximate surface area is 154 Å². The molecular weight excluding hydrogens is 326 g/mol. The first-order chi connectivity index (χ1) is 12.7. The van der Waals surface area contributed by atoms with Crippen LogP contribution >= 0.6 is 0 Å². The maximum atomic E-state index is 12.5. The number of carbonyl (C=O) groups is 1. The van der Waals surface area contributed by atoms with Crippen molar-refractivity contribution in [2.45, 2.75) is 38.5 Å². The van der Waals surface area contributed by atoms with Gasteiger partial charge in [0.15, 0.2) is 0 Å². The molecule has 0 bridgehead atoms. The van der Waals surface area contributed by atoms with E-state index in [-0.39, 0.29) is 18.1 Å². The van der Waals surface area contributed by atoms with Crippen molar-refractivity contribution in [2.24, 2.45) is 5.92 Å². The molecule has 2 aliphatic rings. The van der Waals surface area contributed by atoms with Crippen LogP contribution in [0, 0.1) is 12.8 Å². The highest BCUT2D eigenvalue weighted by molar-refractivity contribution is 5.94. The van der Waals surface area contributed by atoms with Crippen molar-refractivity contribution in [3.63, 3.8) is 0 Å². The highest BCUT2D eigenvalue weighted by atomic mass is 16.5. The van der Waals surface area contributed by atoms with Crippen LogP contribution in [0.15, 0.2) is 48.8 Å². The summed E-state index contributed by atoms with van der Waals surface area (Å²) in [4.78, 5) is 19.0. The molecule has 5 heteroatoms. The molecule has 2 aromatic rings. The first-order valence-corrected chi connectivity index (χ1v) is 9.32. The molecule has 26 heavy (non-hydrogen) atoms. The molecule has 0 spiro atoms. The monoisotopic (exact) mass is 351 g/mol. The number of hydrogen-bond acceptors (Lipinski definition) is 4. The molecule has 1 aromatic carbocycles. The quantitative estimate of drug-likeness (QED) is 0.920. The summed E-state index contributed by atoms with van der Waals surface area (Å²) >= 11 is 0. The van der Waals surface area contributed by atoms with Gasteiger partial charge in [-0.3, -0.25) is 14.7 Å². The van der Waals surface area contributed by atoms with Crippen LogP contribution in [-0.2, 0) is 16.1 Å². The molecule has 1 N–H and O–H groups in total. The number of ether oxygens (including phenoxy) is 1. The smallest absolute Gasteiger partial charge is 0.253 e. The molecule has 0 unspecified atom stereocenters. The van der Waals surface area contributed by atoms with Gasteiger partial charge in [0.2, 0.25) is 0 Å². The zero-order chi connectivity index (χ0) is 17.9. The Balaban J connectivity index is 1.34. The number of nitrogens with one attached hydrogen (secondary N) is 1. The second kappa shape index (κ2) is 7.56. The number of fused-ring (bicyclic) bond motifs is 1. The Bertz CT molecular complexity index is 765. The Hall–Kier alpha value is -2.24. The van der Waals surface area contributed by atoms with Crippen LogP contribution in [0.25, 0.3) is 0 Å². The van der Waals surface area contributed by atoms with E-state index in [0.29, 0.717) is 5.92 Å². The van der Waals surface area contributed by atoms with Crippen LogP contribution < -0.4 is 5.32 Å². The lowest BCUT2D eigenvalue weighted by Gasteiger charge is -2.34. The minimum atomic E-state index is -0.358. The van der Waals surface area contributed by atoms with E-state index in [1.807, 2.05) is 12.1 Å². The number of benzene rings is 1. The van der Waals surface area contributed by atoms with Gasteiger partial charge in [0.05, 0.1) is 18.0 Å². The van der Waals surface area contributed by atoms with E-state index in [1.165, 1.54) is 11.1 Å². The molecule has 3 atom stereocenters. The molecule has 0 saturated carbocycles. The number of aryl methyl sites for hydroxylation is 1. The first-order valence-electron chi connectivity index (χ1n) is 9.32. The number of carbonyl (C=O) groups excluding carboxylic acids is 1. The molecule has 5 nitrogen and oxygen atoms in total. The standard InChI is InChI=1S/C21H25N3O2/c1-15-5-2-3-6-17(15)13-24-10-8-16-11-19(26-20(16)14-24)21(25)23-18-7-4-9-22-12-18/h2-7,9,12,16,19-20H,8,10-11,13-14H2,1H3,(H,23,25)/t16-,19-,20+/m1/s1. The van der Waals surface area contributed by atoms with Crippen LogP contribution in [0.5, 0.6) is 0 Å². The Kier molecular flexibility index (Phi) is 5.00. The number of hydrogen-bond donors (Lipinski definition) is 1. The Morgan fingerprint density at radius 1 is 1.31 bits per heavy atom. The molecule has 2 aliphatic heterocycles. The maximum absolute atomic E-state index is 12.5. The van der Waals surface area contributed by atoms with Crippen molar-refractivity contribution in [2.75, 3.05) is 18.4 Å². The summed E-state index contributed by atoms with van der Waals surface area (Å²) in [6.45, 7) is 5.07. The van der Waals surface area contributed by atoms with Crippen LogP contribution in [0.4, 0.5) is 5.69 Å². The van der Waals surface area contributed by atoms with Gasteiger partial charge in [-0.25, -0.2) is 0 Å². The second-order valence-electron chi connectivity index (χ2n) is 7.34. The van der Waals surface area contributed by atoms with E-state index in [4.69, 9.17) is 4.74 Å². The van der Waals surface area contributed by atoms with E-state index < -0.39 is 0 Å². The fraction of sp³-hybridized carbons (Fsp3) is 0.429. The van der Waals surface area contributed by atoms with Gasteiger partial charge in [0.1, 0.15) is 6.10 Å². The zero-order valence-corrected chi connectivity index (χ0v) is 15.1. The molecule has 0 aliphatic carbocycles. The van der Waals surface area contributed by atoms with E-state index in [0.717, 1.165) is 38.2 Å². The number of likely N-dealkylation sites (tertiary alicyclic amines) is 1. The van der Waals surface area contributed by atoms with Crippen molar-refractivity contribution >= 4 is 11.6 Å². The predicted molar refractivity (Wildman–Crippen MR) is 101 cm³/mol. The molecular formula is C21H25N3O2. The minimum absolute atomic E-state index is 0.0575. The fourth-order valence-electron chi connectivity index (χ4n) is 3.99. The highest BCUT2D eigenvalue weighted by Crippen LogP contribution is 2.34. The molecule has 1 amide bonds. The highest BCUT2D eigenvalue weighted by Gasteiger charge is 2.41. The average Bonchev–Trinajstić information content (AvgIpc) is 3.08. The largest absolute Gasteiger partial charge is 0.364 e. The third kappa shape index (κ3) is 3.79. The first kappa shape index (κ1) is 17.2. The summed E-state index contributed by atoms with van der Waals surface area (Å²) < 4.78 is 6.12. The average molecular weight is 351 g/mol. The SMILES string of the molecule is Cc1ccccc1CN1CC[C@@H]2C[C@H](C(=O)Nc3cccnc3)O[C@H]2C1. The maximum Gasteiger partial charge on any atom is 0.253 e. The third-order valence-electron chi connectivity index (χ3n) is 5.51. The second-order valence-corrected chi connectivity index (χ2v) is 7.34. The number of aromatic nitrogens is 1. The van der Waals surface area contributed by atoms with Crippen LogP contribution in [0.1, 0.15) is 24.0 Å². The lowest BCUT2D eigenvalue weighted by atomic mass is 9.91. The van der Waals surface area contributed by atoms with Gasteiger partial charge >= 0.3 is 0 Å². The number of pyridine rings is 1. The van der Waals surface area contributed by atoms with E-state index in [2.05, 4.69) is 46.4 Å². The summed E-state index contributed by atoms with van der Waals surface area (Å²) in [5, 5.41) is 2.91. The summed E-state index contributed by atoms with van der Waals surface area (Å²) in [5.41, 5.74) is 3.42. The fourth-order valence-corrected chi connectivity index (χ4v) is 3.99. The molecule has 4 rings (SSSR count). The summed E-state index contributed by atoms with van der Waals surface area (Å²) in [6, 6.07) is 12.2. The number of amides is 1. The minimum Gasteiger partial charge on any atom is -0.364 e. The van der Waals surface area contributed by atoms with Crippen molar-refractivity contribution < 1.29 is 9.53 Å². The molecule has 2 fully saturated rings. The van der Waals surface area contributed by atoms with E-state index >= 15 is 0 Å². The number of anilines is 1. The van der Waals surface area contributed by atoms with Crippen LogP contribution in [-0.4, -0.2) is 41.1 Å². The van der Waals surface area contributed by atoms with Crippen molar-refractivity contribution in [3.8, 4) is 0 Å². The van der Waals surface area contributed by atoms with Gasteiger partial charge in [-0.15, -0.1) is 0 Å². The molecule has 3 heterocycles. The van der Waals surface area contributed by atoms with Gasteiger partial charge in [-0.2, -0.15) is 0 Å². The van der Waals surface area contributed by atoms with E-state index in [1.54, 1.807) is 12.4 Å². The third-order valence-corrected chi connectivity index (χ3v) is 5.51. The number of rotatable bonds is 4. The topological polar surface area (TPSA) is 54.5 Å². The lowest BCUT2D eigenvalue weighted by molar-refractivity contribution is -0.127. The van der Waals surface area contributed by atoms with Crippen molar-refractivity contribution in [1.82, 2.24) is 9.88 Å². The van der Waals surface area contributed by atoms with Crippen LogP contribution in [0.2, 0.25) is 0 Å².